The van der Waals surface area contributed by atoms with Crippen molar-refractivity contribution in [1.29, 1.82) is 0 Å². The Morgan fingerprint density at radius 1 is 1.00 bits per heavy atom. The van der Waals surface area contributed by atoms with Crippen molar-refractivity contribution in [3.63, 3.8) is 0 Å². The van der Waals surface area contributed by atoms with Gasteiger partial charge in [-0.15, -0.1) is 0 Å². The summed E-state index contributed by atoms with van der Waals surface area (Å²) >= 11 is 0. The second-order valence-corrected chi connectivity index (χ2v) is 5.71. The molecule has 1 aromatic carbocycles. The molecule has 0 bridgehead atoms. The molecule has 0 aliphatic heterocycles. The topological polar surface area (TPSA) is 68.7 Å². The molecule has 0 aliphatic carbocycles. The van der Waals surface area contributed by atoms with Crippen LogP contribution >= 0.6 is 0 Å². The monoisotopic (exact) mass is 356 g/mol. The van der Waals surface area contributed by atoms with Gasteiger partial charge in [0.1, 0.15) is 13.1 Å². The van der Waals surface area contributed by atoms with Gasteiger partial charge in [-0.2, -0.15) is 0 Å². The van der Waals surface area contributed by atoms with Gasteiger partial charge in [-0.25, -0.2) is 0 Å². The van der Waals surface area contributed by atoms with Crippen LogP contribution in [0.1, 0.15) is 19.4 Å². The third kappa shape index (κ3) is 5.31. The van der Waals surface area contributed by atoms with E-state index in [2.05, 4.69) is 4.98 Å². The lowest BCUT2D eigenvalue weighted by molar-refractivity contribution is -0.142. The van der Waals surface area contributed by atoms with Crippen molar-refractivity contribution in [1.82, 2.24) is 4.98 Å². The molecule has 138 valence electrons. The summed E-state index contributed by atoms with van der Waals surface area (Å²) in [5, 5.41) is 0. The van der Waals surface area contributed by atoms with E-state index >= 15 is 0 Å². The molecule has 26 heavy (non-hydrogen) atoms. The van der Waals surface area contributed by atoms with E-state index in [1.807, 2.05) is 37.3 Å². The number of benzene rings is 1. The average Bonchev–Trinajstić information content (AvgIpc) is 2.63. The van der Waals surface area contributed by atoms with Crippen molar-refractivity contribution >= 4 is 17.6 Å². The maximum Gasteiger partial charge on any atom is 0.325 e. The molecule has 0 radical (unpaired) electrons. The number of ether oxygens (including phenoxy) is 2. The van der Waals surface area contributed by atoms with Crippen LogP contribution in [0.5, 0.6) is 0 Å². The van der Waals surface area contributed by atoms with Crippen LogP contribution in [0.15, 0.2) is 42.7 Å². The van der Waals surface area contributed by atoms with Gasteiger partial charge in [0.25, 0.3) is 0 Å². The molecule has 1 aromatic heterocycles. The predicted octanol–water partition coefficient (Wildman–Crippen LogP) is 2.99. The smallest absolute Gasteiger partial charge is 0.325 e. The van der Waals surface area contributed by atoms with Gasteiger partial charge in [0, 0.05) is 23.6 Å². The van der Waals surface area contributed by atoms with Crippen molar-refractivity contribution in [2.45, 2.75) is 20.8 Å². The maximum atomic E-state index is 12.0. The lowest BCUT2D eigenvalue weighted by atomic mass is 10.0. The molecule has 0 fully saturated rings. The lowest BCUT2D eigenvalue weighted by Crippen LogP contribution is -2.36. The number of nitrogens with zero attached hydrogens (tertiary/aromatic N) is 2. The molecule has 1 heterocycles. The van der Waals surface area contributed by atoms with Gasteiger partial charge in [-0.1, -0.05) is 18.2 Å². The SMILES string of the molecule is CCOC(=O)CN(CC(=O)OCC)c1cc(-c2cccnc2)ccc1C. The highest BCUT2D eigenvalue weighted by atomic mass is 16.5. The zero-order valence-corrected chi connectivity index (χ0v) is 15.4. The van der Waals surface area contributed by atoms with Crippen molar-refractivity contribution in [2.75, 3.05) is 31.2 Å². The van der Waals surface area contributed by atoms with Crippen molar-refractivity contribution < 1.29 is 19.1 Å². The van der Waals surface area contributed by atoms with Crippen molar-refractivity contribution in [3.05, 3.63) is 48.3 Å². The van der Waals surface area contributed by atoms with E-state index in [-0.39, 0.29) is 25.0 Å². The fourth-order valence-corrected chi connectivity index (χ4v) is 2.61. The molecule has 6 heteroatoms. The summed E-state index contributed by atoms with van der Waals surface area (Å²) in [7, 11) is 0. The number of hydrogen-bond donors (Lipinski definition) is 0. The Balaban J connectivity index is 2.35. The van der Waals surface area contributed by atoms with Gasteiger partial charge < -0.3 is 14.4 Å². The average molecular weight is 356 g/mol. The second-order valence-electron chi connectivity index (χ2n) is 5.71. The summed E-state index contributed by atoms with van der Waals surface area (Å²) in [6, 6.07) is 9.72. The fraction of sp³-hybridized carbons (Fsp3) is 0.350. The number of rotatable bonds is 8. The van der Waals surface area contributed by atoms with Gasteiger partial charge in [-0.05, 0) is 44.0 Å². The van der Waals surface area contributed by atoms with Gasteiger partial charge in [0.15, 0.2) is 0 Å². The largest absolute Gasteiger partial charge is 0.465 e. The molecule has 0 saturated heterocycles. The van der Waals surface area contributed by atoms with Crippen LogP contribution < -0.4 is 4.90 Å². The zero-order valence-electron chi connectivity index (χ0n) is 15.4. The van der Waals surface area contributed by atoms with Gasteiger partial charge >= 0.3 is 11.9 Å². The van der Waals surface area contributed by atoms with Crippen LogP contribution in [0, 0.1) is 6.92 Å². The number of aryl methyl sites for hydroxylation is 1. The Bertz CT molecular complexity index is 727. The Labute approximate surface area is 153 Å². The third-order valence-corrected chi connectivity index (χ3v) is 3.80. The van der Waals surface area contributed by atoms with E-state index in [9.17, 15) is 9.59 Å². The minimum Gasteiger partial charge on any atom is -0.465 e. The summed E-state index contributed by atoms with van der Waals surface area (Å²) < 4.78 is 10.1. The Morgan fingerprint density at radius 3 is 2.19 bits per heavy atom. The number of anilines is 1. The van der Waals surface area contributed by atoms with E-state index in [0.717, 1.165) is 22.4 Å². The number of esters is 2. The molecule has 2 rings (SSSR count). The number of carbonyl (C=O) groups is 2. The van der Waals surface area contributed by atoms with Crippen molar-refractivity contribution in [2.24, 2.45) is 0 Å². The molecule has 0 saturated carbocycles. The number of hydrogen-bond acceptors (Lipinski definition) is 6. The van der Waals surface area contributed by atoms with Crippen molar-refractivity contribution in [3.8, 4) is 11.1 Å². The summed E-state index contributed by atoms with van der Waals surface area (Å²) in [4.78, 5) is 29.8. The molecular formula is C20H24N2O4. The number of pyridine rings is 1. The first-order valence-electron chi connectivity index (χ1n) is 8.62. The molecule has 0 amide bonds. The lowest BCUT2D eigenvalue weighted by Gasteiger charge is -2.25. The summed E-state index contributed by atoms with van der Waals surface area (Å²) in [5.41, 5.74) is 3.65. The molecule has 0 atom stereocenters. The zero-order chi connectivity index (χ0) is 18.9. The van der Waals surface area contributed by atoms with E-state index < -0.39 is 0 Å². The van der Waals surface area contributed by atoms with Crippen LogP contribution in [-0.4, -0.2) is 43.2 Å². The Morgan fingerprint density at radius 2 is 1.65 bits per heavy atom. The molecule has 0 spiro atoms. The number of carbonyl (C=O) groups excluding carboxylic acids is 2. The van der Waals surface area contributed by atoms with E-state index in [1.54, 1.807) is 31.1 Å². The first kappa shape index (κ1) is 19.4. The highest BCUT2D eigenvalue weighted by Crippen LogP contribution is 2.27. The van der Waals surface area contributed by atoms with Gasteiger partial charge in [0.2, 0.25) is 0 Å². The minimum atomic E-state index is -0.386. The summed E-state index contributed by atoms with van der Waals surface area (Å²) in [5.74, 6) is -0.772. The fourth-order valence-electron chi connectivity index (χ4n) is 2.61. The van der Waals surface area contributed by atoms with Gasteiger partial charge in [-0.3, -0.25) is 14.6 Å². The Kier molecular flexibility index (Phi) is 7.14. The van der Waals surface area contributed by atoms with Crippen LogP contribution in [0.25, 0.3) is 11.1 Å². The predicted molar refractivity (Wildman–Crippen MR) is 99.9 cm³/mol. The maximum absolute atomic E-state index is 12.0. The molecule has 0 aliphatic rings. The second kappa shape index (κ2) is 9.56. The third-order valence-electron chi connectivity index (χ3n) is 3.80. The first-order chi connectivity index (χ1) is 12.5. The van der Waals surface area contributed by atoms with Crippen LogP contribution in [-0.2, 0) is 19.1 Å². The van der Waals surface area contributed by atoms with Gasteiger partial charge in [0.05, 0.1) is 13.2 Å². The molecule has 2 aromatic rings. The molecule has 6 nitrogen and oxygen atoms in total. The van der Waals surface area contributed by atoms with E-state index in [1.165, 1.54) is 0 Å². The van der Waals surface area contributed by atoms with Crippen LogP contribution in [0.4, 0.5) is 5.69 Å². The van der Waals surface area contributed by atoms with E-state index in [0.29, 0.717) is 13.2 Å². The van der Waals surface area contributed by atoms with Crippen LogP contribution in [0.2, 0.25) is 0 Å². The highest BCUT2D eigenvalue weighted by Gasteiger charge is 2.19. The normalized spacial score (nSPS) is 10.3. The first-order valence-corrected chi connectivity index (χ1v) is 8.62. The summed E-state index contributed by atoms with van der Waals surface area (Å²) in [6.07, 6.45) is 3.49. The minimum absolute atomic E-state index is 0.0238. The molecule has 0 unspecified atom stereocenters. The Hall–Kier alpha value is -2.89. The van der Waals surface area contributed by atoms with Crippen LogP contribution in [0.3, 0.4) is 0 Å². The summed E-state index contributed by atoms with van der Waals surface area (Å²) in [6.45, 7) is 5.98. The van der Waals surface area contributed by atoms with E-state index in [4.69, 9.17) is 9.47 Å². The standard InChI is InChI=1S/C20H24N2O4/c1-4-25-19(23)13-22(14-20(24)26-5-2)18-11-16(9-8-15(18)3)17-7-6-10-21-12-17/h6-12H,4-5,13-14H2,1-3H3. The molecule has 0 N–H and O–H groups in total. The molecular weight excluding hydrogens is 332 g/mol. The quantitative estimate of drug-likeness (QED) is 0.677. The highest BCUT2D eigenvalue weighted by molar-refractivity contribution is 5.83. The number of aromatic nitrogens is 1.